The highest BCUT2D eigenvalue weighted by Crippen LogP contribution is 2.18. The predicted molar refractivity (Wildman–Crippen MR) is 102 cm³/mol. The summed E-state index contributed by atoms with van der Waals surface area (Å²) in [5.74, 6) is 0.771. The number of nitro groups is 1. The molecule has 2 unspecified atom stereocenters. The molecular formula is C20H24N2O6. The van der Waals surface area contributed by atoms with Crippen LogP contribution >= 0.6 is 0 Å². The van der Waals surface area contributed by atoms with E-state index in [0.29, 0.717) is 32.4 Å². The van der Waals surface area contributed by atoms with Gasteiger partial charge in [-0.05, 0) is 42.2 Å². The second kappa shape index (κ2) is 9.48. The zero-order chi connectivity index (χ0) is 19.9. The zero-order valence-corrected chi connectivity index (χ0v) is 15.8. The summed E-state index contributed by atoms with van der Waals surface area (Å²) in [6, 6.07) is 10.2. The van der Waals surface area contributed by atoms with Gasteiger partial charge < -0.3 is 18.8 Å². The van der Waals surface area contributed by atoms with Crippen molar-refractivity contribution in [3.05, 3.63) is 74.2 Å². The Morgan fingerprint density at radius 2 is 2.04 bits per heavy atom. The van der Waals surface area contributed by atoms with Gasteiger partial charge in [-0.15, -0.1) is 0 Å². The Balaban J connectivity index is 1.55. The fourth-order valence-electron chi connectivity index (χ4n) is 3.16. The van der Waals surface area contributed by atoms with Gasteiger partial charge in [-0.1, -0.05) is 12.1 Å². The van der Waals surface area contributed by atoms with Crippen molar-refractivity contribution < 1.29 is 19.1 Å². The molecule has 1 saturated heterocycles. The average molecular weight is 388 g/mol. The van der Waals surface area contributed by atoms with Gasteiger partial charge in [-0.25, -0.2) is 0 Å². The van der Waals surface area contributed by atoms with Gasteiger partial charge in [-0.2, -0.15) is 0 Å². The third-order valence-corrected chi connectivity index (χ3v) is 4.76. The summed E-state index contributed by atoms with van der Waals surface area (Å²) in [4.78, 5) is 23.1. The van der Waals surface area contributed by atoms with Crippen molar-refractivity contribution in [3.63, 3.8) is 0 Å². The summed E-state index contributed by atoms with van der Waals surface area (Å²) in [5.41, 5.74) is 1.72. The molecule has 2 heterocycles. The molecule has 1 aromatic carbocycles. The van der Waals surface area contributed by atoms with Crippen LogP contribution < -0.4 is 10.3 Å². The van der Waals surface area contributed by atoms with Crippen LogP contribution in [-0.4, -0.2) is 42.1 Å². The normalized spacial score (nSPS) is 19.3. The monoisotopic (exact) mass is 388 g/mol. The first kappa shape index (κ1) is 20.0. The average Bonchev–Trinajstić information content (AvgIpc) is 2.71. The second-order valence-electron chi connectivity index (χ2n) is 6.70. The molecule has 0 saturated carbocycles. The predicted octanol–water partition coefficient (Wildman–Crippen LogP) is 2.25. The van der Waals surface area contributed by atoms with Gasteiger partial charge >= 0.3 is 0 Å². The van der Waals surface area contributed by atoms with Crippen LogP contribution in [0.2, 0.25) is 0 Å². The van der Waals surface area contributed by atoms with Gasteiger partial charge in [0.1, 0.15) is 5.75 Å². The Morgan fingerprint density at radius 3 is 2.71 bits per heavy atom. The molecule has 3 rings (SSSR count). The maximum Gasteiger partial charge on any atom is 0.263 e. The van der Waals surface area contributed by atoms with E-state index in [4.69, 9.17) is 14.2 Å². The Labute approximate surface area is 162 Å². The fraction of sp³-hybridized carbons (Fsp3) is 0.450. The van der Waals surface area contributed by atoms with Crippen LogP contribution in [0, 0.1) is 10.1 Å². The van der Waals surface area contributed by atoms with E-state index >= 15 is 0 Å². The van der Waals surface area contributed by atoms with Crippen LogP contribution in [0.15, 0.2) is 47.4 Å². The minimum Gasteiger partial charge on any atom is -0.497 e. The molecule has 2 aromatic rings. The fourth-order valence-corrected chi connectivity index (χ4v) is 3.16. The lowest BCUT2D eigenvalue weighted by Crippen LogP contribution is -2.41. The molecule has 8 heteroatoms. The summed E-state index contributed by atoms with van der Waals surface area (Å²) >= 11 is 0. The second-order valence-corrected chi connectivity index (χ2v) is 6.70. The molecule has 0 bridgehead atoms. The van der Waals surface area contributed by atoms with E-state index in [1.165, 1.54) is 0 Å². The van der Waals surface area contributed by atoms with Crippen molar-refractivity contribution in [2.24, 2.45) is 0 Å². The highest BCUT2D eigenvalue weighted by atomic mass is 16.7. The van der Waals surface area contributed by atoms with Crippen molar-refractivity contribution in [1.29, 1.82) is 0 Å². The molecular weight excluding hydrogens is 364 g/mol. The number of methoxy groups -OCH3 is 1. The van der Waals surface area contributed by atoms with Crippen molar-refractivity contribution in [3.8, 4) is 5.75 Å². The molecule has 1 aliphatic rings. The first-order chi connectivity index (χ1) is 13.6. The van der Waals surface area contributed by atoms with E-state index in [9.17, 15) is 14.9 Å². The Hall–Kier alpha value is -2.71. The lowest BCUT2D eigenvalue weighted by molar-refractivity contribution is -0.555. The first-order valence-electron chi connectivity index (χ1n) is 9.26. The van der Waals surface area contributed by atoms with Gasteiger partial charge in [0.15, 0.2) is 0 Å². The number of pyridine rings is 1. The van der Waals surface area contributed by atoms with E-state index in [2.05, 4.69) is 0 Å². The summed E-state index contributed by atoms with van der Waals surface area (Å²) in [6.07, 6.45) is 2.54. The third-order valence-electron chi connectivity index (χ3n) is 4.76. The highest BCUT2D eigenvalue weighted by Gasteiger charge is 2.35. The van der Waals surface area contributed by atoms with Crippen LogP contribution in [0.5, 0.6) is 5.75 Å². The smallest absolute Gasteiger partial charge is 0.263 e. The van der Waals surface area contributed by atoms with Crippen LogP contribution in [-0.2, 0) is 22.4 Å². The van der Waals surface area contributed by atoms with Gasteiger partial charge in [-0.3, -0.25) is 14.9 Å². The minimum atomic E-state index is -0.828. The number of hydrogen-bond acceptors (Lipinski definition) is 6. The van der Waals surface area contributed by atoms with Gasteiger partial charge in [0.2, 0.25) is 6.29 Å². The Morgan fingerprint density at radius 1 is 1.25 bits per heavy atom. The number of benzene rings is 1. The molecule has 150 valence electrons. The van der Waals surface area contributed by atoms with Crippen molar-refractivity contribution in [2.45, 2.75) is 38.1 Å². The number of aromatic nitrogens is 1. The van der Waals surface area contributed by atoms with E-state index in [0.717, 1.165) is 16.9 Å². The highest BCUT2D eigenvalue weighted by molar-refractivity contribution is 5.27. The molecule has 0 radical (unpaired) electrons. The SMILES string of the molecule is COc1ccc(Cn2ccc(CCOC3OCCCC3[N+](=O)[O-])cc2=O)cc1. The van der Waals surface area contributed by atoms with Gasteiger partial charge in [0.25, 0.3) is 11.6 Å². The standard InChI is InChI=1S/C20H24N2O6/c1-26-17-6-4-16(5-7-17)14-21-10-8-15(13-19(21)23)9-12-28-20-18(22(24)25)3-2-11-27-20/h4-8,10,13,18,20H,2-3,9,11-12,14H2,1H3. The Bertz CT molecular complexity index is 849. The number of ether oxygens (including phenoxy) is 3. The molecule has 28 heavy (non-hydrogen) atoms. The maximum absolute atomic E-state index is 12.4. The largest absolute Gasteiger partial charge is 0.497 e. The van der Waals surface area contributed by atoms with Crippen LogP contribution in [0.25, 0.3) is 0 Å². The molecule has 1 aliphatic heterocycles. The molecule has 1 aromatic heterocycles. The number of nitrogens with zero attached hydrogens (tertiary/aromatic N) is 2. The summed E-state index contributed by atoms with van der Waals surface area (Å²) < 4.78 is 17.7. The van der Waals surface area contributed by atoms with Crippen LogP contribution in [0.4, 0.5) is 0 Å². The topological polar surface area (TPSA) is 92.8 Å². The molecule has 1 fully saturated rings. The van der Waals surface area contributed by atoms with E-state index in [1.54, 1.807) is 23.9 Å². The quantitative estimate of drug-likeness (QED) is 0.509. The maximum atomic E-state index is 12.4. The Kier molecular flexibility index (Phi) is 6.78. The molecule has 2 atom stereocenters. The third kappa shape index (κ3) is 5.17. The molecule has 0 N–H and O–H groups in total. The zero-order valence-electron chi connectivity index (χ0n) is 15.8. The van der Waals surface area contributed by atoms with E-state index in [-0.39, 0.29) is 17.1 Å². The summed E-state index contributed by atoms with van der Waals surface area (Å²) in [5, 5.41) is 11.1. The van der Waals surface area contributed by atoms with Gasteiger partial charge in [0, 0.05) is 23.6 Å². The van der Waals surface area contributed by atoms with Crippen molar-refractivity contribution >= 4 is 0 Å². The molecule has 0 amide bonds. The van der Waals surface area contributed by atoms with Crippen molar-refractivity contribution in [1.82, 2.24) is 4.57 Å². The minimum absolute atomic E-state index is 0.106. The summed E-state index contributed by atoms with van der Waals surface area (Å²) in [6.45, 7) is 1.20. The van der Waals surface area contributed by atoms with Crippen molar-refractivity contribution in [2.75, 3.05) is 20.3 Å². The van der Waals surface area contributed by atoms with E-state index in [1.807, 2.05) is 30.3 Å². The summed E-state index contributed by atoms with van der Waals surface area (Å²) in [7, 11) is 1.61. The molecule has 0 spiro atoms. The lowest BCUT2D eigenvalue weighted by atomic mass is 10.1. The van der Waals surface area contributed by atoms with E-state index < -0.39 is 12.3 Å². The van der Waals surface area contributed by atoms with Gasteiger partial charge in [0.05, 0.1) is 26.9 Å². The first-order valence-corrected chi connectivity index (χ1v) is 9.26. The number of hydrogen-bond donors (Lipinski definition) is 0. The van der Waals surface area contributed by atoms with Crippen LogP contribution in [0.3, 0.4) is 0 Å². The molecule has 8 nitrogen and oxygen atoms in total. The van der Waals surface area contributed by atoms with Crippen LogP contribution in [0.1, 0.15) is 24.0 Å². The number of rotatable bonds is 8. The molecule has 0 aliphatic carbocycles. The lowest BCUT2D eigenvalue weighted by Gasteiger charge is -2.25.